The average molecular weight is 474 g/mol. The summed E-state index contributed by atoms with van der Waals surface area (Å²) in [5.41, 5.74) is 0.769. The Bertz CT molecular complexity index is 1110. The SMILES string of the molecule is CC(OC(=O)Cc1ccccc1)[C@@H]1NC(=O)[C@@H]2[C@H]1[C@@H](O)[C@H](O)C[C@H]2S(=O)(=O)c1ccccc1. The van der Waals surface area contributed by atoms with Crippen molar-refractivity contribution in [2.24, 2.45) is 11.8 Å². The van der Waals surface area contributed by atoms with Gasteiger partial charge in [0.25, 0.3) is 0 Å². The largest absolute Gasteiger partial charge is 0.460 e. The van der Waals surface area contributed by atoms with Crippen molar-refractivity contribution in [2.75, 3.05) is 0 Å². The van der Waals surface area contributed by atoms with E-state index in [2.05, 4.69) is 5.32 Å². The number of esters is 1. The van der Waals surface area contributed by atoms with Crippen LogP contribution in [0.4, 0.5) is 0 Å². The number of hydrogen-bond acceptors (Lipinski definition) is 7. The molecule has 7 atom stereocenters. The van der Waals surface area contributed by atoms with E-state index in [1.165, 1.54) is 12.1 Å². The highest BCUT2D eigenvalue weighted by Gasteiger charge is 2.59. The number of nitrogens with one attached hydrogen (secondary N) is 1. The molecule has 1 aliphatic heterocycles. The Morgan fingerprint density at radius 1 is 1.09 bits per heavy atom. The third-order valence-corrected chi connectivity index (χ3v) is 8.80. The summed E-state index contributed by atoms with van der Waals surface area (Å²) in [7, 11) is -3.96. The van der Waals surface area contributed by atoms with Crippen LogP contribution in [0.5, 0.6) is 0 Å². The van der Waals surface area contributed by atoms with Gasteiger partial charge in [-0.15, -0.1) is 0 Å². The van der Waals surface area contributed by atoms with Crippen LogP contribution in [0.15, 0.2) is 65.6 Å². The minimum absolute atomic E-state index is 0.0378. The Morgan fingerprint density at radius 3 is 2.33 bits per heavy atom. The Labute approximate surface area is 192 Å². The predicted molar refractivity (Wildman–Crippen MR) is 119 cm³/mol. The number of ether oxygens (including phenoxy) is 1. The van der Waals surface area contributed by atoms with Crippen molar-refractivity contribution < 1.29 is 33.0 Å². The fourth-order valence-corrected chi connectivity index (χ4v) is 7.02. The molecule has 2 aliphatic rings. The molecule has 2 aromatic rings. The highest BCUT2D eigenvalue weighted by Crippen LogP contribution is 2.43. The molecule has 1 saturated carbocycles. The van der Waals surface area contributed by atoms with E-state index in [0.717, 1.165) is 5.56 Å². The summed E-state index contributed by atoms with van der Waals surface area (Å²) in [6.07, 6.45) is -3.73. The number of carbonyl (C=O) groups is 2. The summed E-state index contributed by atoms with van der Waals surface area (Å²) in [6, 6.07) is 15.9. The summed E-state index contributed by atoms with van der Waals surface area (Å²) < 4.78 is 32.2. The summed E-state index contributed by atoms with van der Waals surface area (Å²) in [4.78, 5) is 25.4. The Morgan fingerprint density at radius 2 is 1.70 bits per heavy atom. The van der Waals surface area contributed by atoms with Crippen molar-refractivity contribution in [1.29, 1.82) is 0 Å². The lowest BCUT2D eigenvalue weighted by Gasteiger charge is -2.40. The van der Waals surface area contributed by atoms with Crippen LogP contribution in [0.1, 0.15) is 18.9 Å². The van der Waals surface area contributed by atoms with Crippen LogP contribution >= 0.6 is 0 Å². The molecule has 0 aromatic heterocycles. The summed E-state index contributed by atoms with van der Waals surface area (Å²) in [5, 5.41) is 22.7. The number of rotatable bonds is 6. The van der Waals surface area contributed by atoms with Crippen molar-refractivity contribution in [3.8, 4) is 0 Å². The molecule has 1 amide bonds. The zero-order valence-corrected chi connectivity index (χ0v) is 18.9. The van der Waals surface area contributed by atoms with E-state index < -0.39 is 63.2 Å². The van der Waals surface area contributed by atoms with E-state index in [1.54, 1.807) is 49.4 Å². The molecule has 8 nitrogen and oxygen atoms in total. The number of carbonyl (C=O) groups excluding carboxylic acids is 2. The first-order chi connectivity index (χ1) is 15.7. The van der Waals surface area contributed by atoms with E-state index in [-0.39, 0.29) is 17.7 Å². The number of sulfone groups is 1. The normalized spacial score (nSPS) is 30.2. The van der Waals surface area contributed by atoms with Gasteiger partial charge in [0.05, 0.1) is 40.7 Å². The number of aliphatic hydroxyl groups is 2. The molecular weight excluding hydrogens is 446 g/mol. The molecule has 1 unspecified atom stereocenters. The summed E-state index contributed by atoms with van der Waals surface area (Å²) in [5.74, 6) is -3.05. The van der Waals surface area contributed by atoms with E-state index >= 15 is 0 Å². The van der Waals surface area contributed by atoms with Gasteiger partial charge in [-0.05, 0) is 31.0 Å². The van der Waals surface area contributed by atoms with Crippen LogP contribution in [0.3, 0.4) is 0 Å². The standard InChI is InChI=1S/C24H27NO7S/c1-14(32-19(27)12-15-8-4-2-5-9-15)22-21-20(24(29)25-22)18(13-17(26)23(21)28)33(30,31)16-10-6-3-7-11-16/h2-11,14,17-18,20-23,26,28H,12-13H2,1H3,(H,25,29)/t14?,17-,18-,20+,21-,22+,23+/m1/s1. The second-order valence-corrected chi connectivity index (χ2v) is 10.9. The quantitative estimate of drug-likeness (QED) is 0.531. The molecule has 9 heteroatoms. The first-order valence-electron chi connectivity index (χ1n) is 10.9. The van der Waals surface area contributed by atoms with Gasteiger partial charge in [0.15, 0.2) is 9.84 Å². The molecule has 33 heavy (non-hydrogen) atoms. The second kappa shape index (κ2) is 9.24. The van der Waals surface area contributed by atoms with Crippen molar-refractivity contribution >= 4 is 21.7 Å². The highest BCUT2D eigenvalue weighted by atomic mass is 32.2. The monoisotopic (exact) mass is 473 g/mol. The van der Waals surface area contributed by atoms with Gasteiger partial charge in [-0.1, -0.05) is 48.5 Å². The van der Waals surface area contributed by atoms with E-state index in [4.69, 9.17) is 4.74 Å². The highest BCUT2D eigenvalue weighted by molar-refractivity contribution is 7.92. The molecule has 0 spiro atoms. The fourth-order valence-electron chi connectivity index (χ4n) is 5.00. The van der Waals surface area contributed by atoms with Crippen LogP contribution < -0.4 is 5.32 Å². The minimum Gasteiger partial charge on any atom is -0.460 e. The van der Waals surface area contributed by atoms with Crippen LogP contribution in [0.25, 0.3) is 0 Å². The Balaban J connectivity index is 1.56. The third kappa shape index (κ3) is 4.53. The van der Waals surface area contributed by atoms with Crippen LogP contribution in [0.2, 0.25) is 0 Å². The fraction of sp³-hybridized carbons (Fsp3) is 0.417. The Kier molecular flexibility index (Phi) is 6.56. The number of hydrogen-bond donors (Lipinski definition) is 3. The number of benzene rings is 2. The molecule has 1 aliphatic carbocycles. The van der Waals surface area contributed by atoms with Gasteiger partial charge >= 0.3 is 5.97 Å². The molecule has 0 bridgehead atoms. The molecule has 1 saturated heterocycles. The molecule has 4 rings (SSSR count). The van der Waals surface area contributed by atoms with E-state index in [9.17, 15) is 28.2 Å². The van der Waals surface area contributed by atoms with E-state index in [0.29, 0.717) is 0 Å². The van der Waals surface area contributed by atoms with Crippen molar-refractivity contribution in [3.63, 3.8) is 0 Å². The Hall–Kier alpha value is -2.75. The maximum atomic E-state index is 13.3. The zero-order chi connectivity index (χ0) is 23.8. The maximum Gasteiger partial charge on any atom is 0.310 e. The van der Waals surface area contributed by atoms with Gasteiger partial charge in [-0.2, -0.15) is 0 Å². The van der Waals surface area contributed by atoms with Crippen LogP contribution in [-0.4, -0.2) is 60.1 Å². The predicted octanol–water partition coefficient (Wildman–Crippen LogP) is 0.860. The zero-order valence-electron chi connectivity index (χ0n) is 18.1. The molecule has 3 N–H and O–H groups in total. The van der Waals surface area contributed by atoms with Gasteiger partial charge in [-0.25, -0.2) is 8.42 Å². The van der Waals surface area contributed by atoms with Gasteiger partial charge in [-0.3, -0.25) is 9.59 Å². The first kappa shape index (κ1) is 23.4. The summed E-state index contributed by atoms with van der Waals surface area (Å²) in [6.45, 7) is 1.59. The molecule has 2 aromatic carbocycles. The van der Waals surface area contributed by atoms with Crippen molar-refractivity contribution in [3.05, 3.63) is 66.2 Å². The minimum atomic E-state index is -3.96. The summed E-state index contributed by atoms with van der Waals surface area (Å²) >= 11 is 0. The van der Waals surface area contributed by atoms with Gasteiger partial charge in [0, 0.05) is 5.92 Å². The molecular formula is C24H27NO7S. The average Bonchev–Trinajstić information content (AvgIpc) is 3.15. The smallest absolute Gasteiger partial charge is 0.310 e. The van der Waals surface area contributed by atoms with Gasteiger partial charge < -0.3 is 20.3 Å². The first-order valence-corrected chi connectivity index (χ1v) is 12.4. The molecule has 2 fully saturated rings. The topological polar surface area (TPSA) is 130 Å². The van der Waals surface area contributed by atoms with Gasteiger partial charge in [0.1, 0.15) is 6.10 Å². The lowest BCUT2D eigenvalue weighted by atomic mass is 9.73. The molecule has 1 heterocycles. The number of aliphatic hydroxyl groups excluding tert-OH is 2. The van der Waals surface area contributed by atoms with Crippen LogP contribution in [0, 0.1) is 11.8 Å². The lowest BCUT2D eigenvalue weighted by molar-refractivity contribution is -0.151. The van der Waals surface area contributed by atoms with E-state index in [1.807, 2.05) is 6.07 Å². The lowest BCUT2D eigenvalue weighted by Crippen LogP contribution is -2.55. The second-order valence-electron chi connectivity index (χ2n) is 8.69. The third-order valence-electron chi connectivity index (χ3n) is 6.59. The van der Waals surface area contributed by atoms with Crippen molar-refractivity contribution in [2.45, 2.75) is 54.3 Å². The number of amides is 1. The number of fused-ring (bicyclic) bond motifs is 1. The molecule has 176 valence electrons. The molecule has 0 radical (unpaired) electrons. The van der Waals surface area contributed by atoms with Crippen LogP contribution in [-0.2, 0) is 30.6 Å². The van der Waals surface area contributed by atoms with Crippen molar-refractivity contribution in [1.82, 2.24) is 5.32 Å². The van der Waals surface area contributed by atoms with Gasteiger partial charge in [0.2, 0.25) is 5.91 Å². The maximum absolute atomic E-state index is 13.3.